The summed E-state index contributed by atoms with van der Waals surface area (Å²) in [7, 11) is 1.50. The molecular formula is C13H8F6NO. The zero-order valence-corrected chi connectivity index (χ0v) is 10.5. The van der Waals surface area contributed by atoms with Gasteiger partial charge in [-0.1, -0.05) is 0 Å². The van der Waals surface area contributed by atoms with Crippen LogP contribution in [0.4, 0.5) is 26.3 Å². The molecule has 2 nitrogen and oxygen atoms in total. The zero-order chi connectivity index (χ0) is 15.8. The fourth-order valence-corrected chi connectivity index (χ4v) is 1.62. The summed E-state index contributed by atoms with van der Waals surface area (Å²) in [5.41, 5.74) is -2.88. The smallest absolute Gasteiger partial charge is 0.420 e. The average Bonchev–Trinajstić information content (AvgIpc) is 2.73. The standard InChI is InChI=1S/C13H8F6NO/c1-20-6-2-3-11(20)21-10-5-4-8(12(14,15)16)7-9(10)13(17,18)19/h3-7H,1H3. The van der Waals surface area contributed by atoms with Crippen LogP contribution in [0.15, 0.2) is 30.5 Å². The molecule has 0 saturated carbocycles. The van der Waals surface area contributed by atoms with Crippen LogP contribution in [0, 0.1) is 6.07 Å². The van der Waals surface area contributed by atoms with Gasteiger partial charge in [0.1, 0.15) is 5.75 Å². The Bertz CT molecular complexity index is 641. The third-order valence-electron chi connectivity index (χ3n) is 2.65. The summed E-state index contributed by atoms with van der Waals surface area (Å²) in [4.78, 5) is 0. The molecule has 1 aromatic carbocycles. The first kappa shape index (κ1) is 15.3. The Morgan fingerprint density at radius 1 is 1.05 bits per heavy atom. The molecule has 0 N–H and O–H groups in total. The quantitative estimate of drug-likeness (QED) is 0.736. The highest BCUT2D eigenvalue weighted by atomic mass is 19.4. The van der Waals surface area contributed by atoms with Gasteiger partial charge in [0.2, 0.25) is 0 Å². The maximum absolute atomic E-state index is 12.9. The van der Waals surface area contributed by atoms with Crippen LogP contribution >= 0.6 is 0 Å². The van der Waals surface area contributed by atoms with Crippen molar-refractivity contribution < 1.29 is 31.1 Å². The molecule has 2 aromatic rings. The molecule has 8 heteroatoms. The molecule has 0 aliphatic carbocycles. The molecule has 0 bridgehead atoms. The van der Waals surface area contributed by atoms with Crippen LogP contribution in [0.5, 0.6) is 11.6 Å². The number of halogens is 6. The van der Waals surface area contributed by atoms with E-state index in [1.54, 1.807) is 0 Å². The van der Waals surface area contributed by atoms with Crippen molar-refractivity contribution >= 4 is 0 Å². The van der Waals surface area contributed by atoms with Crippen molar-refractivity contribution in [2.45, 2.75) is 12.4 Å². The third kappa shape index (κ3) is 3.32. The Morgan fingerprint density at radius 2 is 1.71 bits per heavy atom. The van der Waals surface area contributed by atoms with E-state index in [0.29, 0.717) is 12.1 Å². The Morgan fingerprint density at radius 3 is 2.19 bits per heavy atom. The van der Waals surface area contributed by atoms with Crippen LogP contribution in [0.3, 0.4) is 0 Å². The van der Waals surface area contributed by atoms with Crippen LogP contribution in [0.25, 0.3) is 0 Å². The molecule has 113 valence electrons. The van der Waals surface area contributed by atoms with E-state index in [1.165, 1.54) is 23.9 Å². The topological polar surface area (TPSA) is 14.2 Å². The van der Waals surface area contributed by atoms with E-state index in [2.05, 4.69) is 6.07 Å². The molecule has 21 heavy (non-hydrogen) atoms. The Balaban J connectivity index is 2.48. The van der Waals surface area contributed by atoms with E-state index in [4.69, 9.17) is 4.74 Å². The molecule has 0 spiro atoms. The van der Waals surface area contributed by atoms with E-state index in [0.717, 1.165) is 0 Å². The van der Waals surface area contributed by atoms with Crippen LogP contribution in [-0.4, -0.2) is 4.57 Å². The molecule has 0 saturated heterocycles. The van der Waals surface area contributed by atoms with Gasteiger partial charge in [0, 0.05) is 25.4 Å². The van der Waals surface area contributed by atoms with Gasteiger partial charge in [-0.25, -0.2) is 0 Å². The lowest BCUT2D eigenvalue weighted by Crippen LogP contribution is -2.12. The molecule has 0 aliphatic rings. The average molecular weight is 308 g/mol. The highest BCUT2D eigenvalue weighted by molar-refractivity contribution is 5.42. The molecule has 0 unspecified atom stereocenters. The van der Waals surface area contributed by atoms with Crippen molar-refractivity contribution in [2.75, 3.05) is 0 Å². The Kier molecular flexibility index (Phi) is 3.65. The SMILES string of the molecule is Cn1c[c]cc1Oc1ccc(C(F)(F)F)cc1C(F)(F)F. The van der Waals surface area contributed by atoms with Gasteiger partial charge >= 0.3 is 12.4 Å². The summed E-state index contributed by atoms with van der Waals surface area (Å²) in [6, 6.07) is 5.08. The van der Waals surface area contributed by atoms with Gasteiger partial charge in [-0.3, -0.25) is 0 Å². The van der Waals surface area contributed by atoms with Crippen molar-refractivity contribution in [3.05, 3.63) is 47.7 Å². The van der Waals surface area contributed by atoms with Gasteiger partial charge in [-0.15, -0.1) is 0 Å². The minimum Gasteiger partial charge on any atom is -0.440 e. The molecule has 1 radical (unpaired) electrons. The van der Waals surface area contributed by atoms with Gasteiger partial charge < -0.3 is 9.30 Å². The molecule has 2 rings (SSSR count). The van der Waals surface area contributed by atoms with Gasteiger partial charge in [-0.05, 0) is 18.2 Å². The van der Waals surface area contributed by atoms with Gasteiger partial charge in [-0.2, -0.15) is 26.3 Å². The first-order valence-electron chi connectivity index (χ1n) is 5.58. The van der Waals surface area contributed by atoms with E-state index in [-0.39, 0.29) is 11.9 Å². The number of aryl methyl sites for hydroxylation is 1. The Hall–Kier alpha value is -2.12. The number of benzene rings is 1. The predicted molar refractivity (Wildman–Crippen MR) is 60.8 cm³/mol. The predicted octanol–water partition coefficient (Wildman–Crippen LogP) is 4.66. The fraction of sp³-hybridized carbons (Fsp3) is 0.231. The molecule has 0 atom stereocenters. The van der Waals surface area contributed by atoms with Crippen LogP contribution < -0.4 is 4.74 Å². The highest BCUT2D eigenvalue weighted by Gasteiger charge is 2.39. The molecule has 1 heterocycles. The summed E-state index contributed by atoms with van der Waals surface area (Å²) in [5.74, 6) is -0.675. The van der Waals surface area contributed by atoms with Gasteiger partial charge in [0.15, 0.2) is 5.88 Å². The number of ether oxygens (including phenoxy) is 1. The van der Waals surface area contributed by atoms with Crippen LogP contribution in [0.2, 0.25) is 0 Å². The summed E-state index contributed by atoms with van der Waals surface area (Å²) >= 11 is 0. The lowest BCUT2D eigenvalue weighted by molar-refractivity contribution is -0.143. The van der Waals surface area contributed by atoms with Crippen LogP contribution in [-0.2, 0) is 19.4 Å². The second-order valence-electron chi connectivity index (χ2n) is 4.20. The van der Waals surface area contributed by atoms with Crippen molar-refractivity contribution in [1.82, 2.24) is 4.57 Å². The molecule has 0 fully saturated rings. The Labute approximate surface area is 115 Å². The van der Waals surface area contributed by atoms with Gasteiger partial charge in [0.25, 0.3) is 0 Å². The summed E-state index contributed by atoms with van der Waals surface area (Å²) < 4.78 is 82.6. The minimum absolute atomic E-state index is 0.0280. The summed E-state index contributed by atoms with van der Waals surface area (Å²) in [5, 5.41) is 0. The van der Waals surface area contributed by atoms with Crippen molar-refractivity contribution in [1.29, 1.82) is 0 Å². The van der Waals surface area contributed by atoms with E-state index >= 15 is 0 Å². The molecule has 1 aromatic heterocycles. The van der Waals surface area contributed by atoms with Crippen molar-refractivity contribution in [2.24, 2.45) is 7.05 Å². The second-order valence-corrected chi connectivity index (χ2v) is 4.20. The maximum atomic E-state index is 12.9. The third-order valence-corrected chi connectivity index (χ3v) is 2.65. The van der Waals surface area contributed by atoms with Crippen molar-refractivity contribution in [3.8, 4) is 11.6 Å². The first-order valence-corrected chi connectivity index (χ1v) is 5.58. The second kappa shape index (κ2) is 5.01. The maximum Gasteiger partial charge on any atom is 0.420 e. The van der Waals surface area contributed by atoms with Crippen molar-refractivity contribution in [3.63, 3.8) is 0 Å². The number of nitrogens with zero attached hydrogens (tertiary/aromatic N) is 1. The number of alkyl halides is 6. The normalized spacial score (nSPS) is 12.5. The van der Waals surface area contributed by atoms with E-state index < -0.39 is 29.2 Å². The molecular weight excluding hydrogens is 300 g/mol. The molecule has 0 aliphatic heterocycles. The number of rotatable bonds is 2. The lowest BCUT2D eigenvalue weighted by Gasteiger charge is -2.16. The minimum atomic E-state index is -4.97. The number of aromatic nitrogens is 1. The fourth-order valence-electron chi connectivity index (χ4n) is 1.62. The van der Waals surface area contributed by atoms with E-state index in [9.17, 15) is 26.3 Å². The van der Waals surface area contributed by atoms with E-state index in [1.807, 2.05) is 0 Å². The summed E-state index contributed by atoms with van der Waals surface area (Å²) in [6.07, 6.45) is -8.42. The molecule has 0 amide bonds. The lowest BCUT2D eigenvalue weighted by atomic mass is 10.1. The zero-order valence-electron chi connectivity index (χ0n) is 10.5. The summed E-state index contributed by atoms with van der Waals surface area (Å²) in [6.45, 7) is 0. The highest BCUT2D eigenvalue weighted by Crippen LogP contribution is 2.41. The monoisotopic (exact) mass is 308 g/mol. The van der Waals surface area contributed by atoms with Gasteiger partial charge in [0.05, 0.1) is 11.1 Å². The first-order chi connectivity index (χ1) is 9.59. The number of hydrogen-bond donors (Lipinski definition) is 0. The number of hydrogen-bond acceptors (Lipinski definition) is 1. The van der Waals surface area contributed by atoms with Crippen LogP contribution in [0.1, 0.15) is 11.1 Å². The largest absolute Gasteiger partial charge is 0.440 e.